The van der Waals surface area contributed by atoms with Crippen LogP contribution in [0.3, 0.4) is 0 Å². The lowest BCUT2D eigenvalue weighted by Crippen LogP contribution is -2.48. The molecule has 2 aliphatic carbocycles. The first-order valence-electron chi connectivity index (χ1n) is 8.16. The van der Waals surface area contributed by atoms with Crippen LogP contribution in [0.15, 0.2) is 24.3 Å². The van der Waals surface area contributed by atoms with Gasteiger partial charge in [-0.15, -0.1) is 0 Å². The molecule has 110 valence electrons. The maximum atomic E-state index is 10.8. The Kier molecular flexibility index (Phi) is 4.13. The zero-order valence-electron chi connectivity index (χ0n) is 12.8. The molecule has 0 heterocycles. The first-order valence-corrected chi connectivity index (χ1v) is 8.16. The van der Waals surface area contributed by atoms with Gasteiger partial charge in [-0.25, -0.2) is 0 Å². The molecule has 0 amide bonds. The highest BCUT2D eigenvalue weighted by Crippen LogP contribution is 2.36. The van der Waals surface area contributed by atoms with E-state index in [1.807, 2.05) is 6.07 Å². The number of fused-ring (bicyclic) bond motifs is 1. The summed E-state index contributed by atoms with van der Waals surface area (Å²) in [5.74, 6) is 0.762. The number of benzene rings is 1. The van der Waals surface area contributed by atoms with Crippen molar-refractivity contribution in [3.8, 4) is 0 Å². The predicted molar refractivity (Wildman–Crippen MR) is 82.7 cm³/mol. The van der Waals surface area contributed by atoms with E-state index in [0.29, 0.717) is 6.04 Å². The van der Waals surface area contributed by atoms with Crippen LogP contribution in [0.4, 0.5) is 0 Å². The van der Waals surface area contributed by atoms with E-state index in [2.05, 4.69) is 37.1 Å². The smallest absolute Gasteiger partial charge is 0.0947 e. The van der Waals surface area contributed by atoms with E-state index in [9.17, 15) is 5.11 Å². The van der Waals surface area contributed by atoms with Gasteiger partial charge in [-0.1, -0.05) is 44.0 Å². The van der Waals surface area contributed by atoms with Crippen LogP contribution in [0.25, 0.3) is 0 Å². The van der Waals surface area contributed by atoms with Crippen molar-refractivity contribution in [1.29, 1.82) is 0 Å². The second-order valence-corrected chi connectivity index (χ2v) is 6.74. The summed E-state index contributed by atoms with van der Waals surface area (Å²) in [5, 5.41) is 10.8. The van der Waals surface area contributed by atoms with E-state index in [1.165, 1.54) is 31.2 Å². The van der Waals surface area contributed by atoms with Gasteiger partial charge >= 0.3 is 0 Å². The summed E-state index contributed by atoms with van der Waals surface area (Å²) in [4.78, 5) is 2.49. The number of likely N-dealkylation sites (N-methyl/N-ethyl adjacent to an activating group) is 1. The Hall–Kier alpha value is -0.860. The topological polar surface area (TPSA) is 23.5 Å². The molecule has 0 saturated heterocycles. The number of aliphatic hydroxyl groups excluding tert-OH is 1. The standard InChI is InChI=1S/C18H27NO/c1-13-7-3-6-10-16(13)19(2)17-12-11-14-8-4-5-9-15(14)18(17)20/h4-5,8-9,13,16-18,20H,3,6-7,10-12H2,1-2H3. The second kappa shape index (κ2) is 5.87. The Morgan fingerprint density at radius 1 is 1.05 bits per heavy atom. The van der Waals surface area contributed by atoms with E-state index in [4.69, 9.17) is 0 Å². The Morgan fingerprint density at radius 2 is 1.80 bits per heavy atom. The van der Waals surface area contributed by atoms with Crippen molar-refractivity contribution >= 4 is 0 Å². The molecule has 0 aliphatic heterocycles. The molecule has 1 fully saturated rings. The van der Waals surface area contributed by atoms with Crippen LogP contribution in [-0.4, -0.2) is 29.1 Å². The molecule has 2 heteroatoms. The fourth-order valence-electron chi connectivity index (χ4n) is 4.29. The van der Waals surface area contributed by atoms with Gasteiger partial charge in [-0.3, -0.25) is 4.90 Å². The molecular formula is C18H27NO. The summed E-state index contributed by atoms with van der Waals surface area (Å²) >= 11 is 0. The Labute approximate surface area is 122 Å². The lowest BCUT2D eigenvalue weighted by atomic mass is 9.80. The zero-order valence-corrected chi connectivity index (χ0v) is 12.8. The van der Waals surface area contributed by atoms with Gasteiger partial charge in [0.15, 0.2) is 0 Å². The summed E-state index contributed by atoms with van der Waals surface area (Å²) < 4.78 is 0. The van der Waals surface area contributed by atoms with Crippen molar-refractivity contribution in [3.63, 3.8) is 0 Å². The average molecular weight is 273 g/mol. The molecule has 1 saturated carbocycles. The third kappa shape index (κ3) is 2.51. The summed E-state index contributed by atoms with van der Waals surface area (Å²) in [7, 11) is 2.23. The van der Waals surface area contributed by atoms with Gasteiger partial charge in [-0.2, -0.15) is 0 Å². The van der Waals surface area contributed by atoms with E-state index in [-0.39, 0.29) is 12.1 Å². The van der Waals surface area contributed by atoms with E-state index in [0.717, 1.165) is 24.3 Å². The van der Waals surface area contributed by atoms with Gasteiger partial charge < -0.3 is 5.11 Å². The molecule has 0 aromatic heterocycles. The minimum atomic E-state index is -0.320. The normalized spacial score (nSPS) is 34.0. The van der Waals surface area contributed by atoms with Crippen molar-refractivity contribution in [2.75, 3.05) is 7.05 Å². The molecular weight excluding hydrogens is 246 g/mol. The van der Waals surface area contributed by atoms with Crippen molar-refractivity contribution in [2.24, 2.45) is 5.92 Å². The molecule has 0 spiro atoms. The van der Waals surface area contributed by atoms with Crippen LogP contribution in [0.5, 0.6) is 0 Å². The highest BCUT2D eigenvalue weighted by Gasteiger charge is 2.35. The third-order valence-electron chi connectivity index (χ3n) is 5.56. The number of hydrogen-bond donors (Lipinski definition) is 1. The quantitative estimate of drug-likeness (QED) is 0.891. The summed E-state index contributed by atoms with van der Waals surface area (Å²) in [5.41, 5.74) is 2.49. The molecule has 4 atom stereocenters. The lowest BCUT2D eigenvalue weighted by molar-refractivity contribution is 0.00443. The molecule has 3 rings (SSSR count). The van der Waals surface area contributed by atoms with E-state index in [1.54, 1.807) is 0 Å². The highest BCUT2D eigenvalue weighted by atomic mass is 16.3. The first kappa shape index (κ1) is 14.1. The molecule has 2 nitrogen and oxygen atoms in total. The first-order chi connectivity index (χ1) is 9.68. The van der Waals surface area contributed by atoms with E-state index < -0.39 is 0 Å². The molecule has 0 radical (unpaired) electrons. The monoisotopic (exact) mass is 273 g/mol. The van der Waals surface area contributed by atoms with Crippen LogP contribution in [0, 0.1) is 5.92 Å². The summed E-state index contributed by atoms with van der Waals surface area (Å²) in [6.45, 7) is 2.38. The number of aryl methyl sites for hydroxylation is 1. The molecule has 4 unspecified atom stereocenters. The average Bonchev–Trinajstić information content (AvgIpc) is 2.48. The van der Waals surface area contributed by atoms with Gasteiger partial charge in [0.1, 0.15) is 0 Å². The number of aliphatic hydroxyl groups is 1. The Morgan fingerprint density at radius 3 is 2.60 bits per heavy atom. The molecule has 0 bridgehead atoms. The van der Waals surface area contributed by atoms with Crippen molar-refractivity contribution < 1.29 is 5.11 Å². The predicted octanol–water partition coefficient (Wildman–Crippen LogP) is 3.55. The number of hydrogen-bond acceptors (Lipinski definition) is 2. The molecule has 1 N–H and O–H groups in total. The summed E-state index contributed by atoms with van der Waals surface area (Å²) in [6, 6.07) is 9.33. The molecule has 20 heavy (non-hydrogen) atoms. The van der Waals surface area contributed by atoms with Gasteiger partial charge in [0, 0.05) is 12.1 Å². The van der Waals surface area contributed by atoms with Gasteiger partial charge in [0.05, 0.1) is 6.10 Å². The minimum Gasteiger partial charge on any atom is -0.387 e. The zero-order chi connectivity index (χ0) is 14.1. The number of nitrogens with zero attached hydrogens (tertiary/aromatic N) is 1. The van der Waals surface area contributed by atoms with Crippen LogP contribution in [-0.2, 0) is 6.42 Å². The van der Waals surface area contributed by atoms with Gasteiger partial charge in [-0.05, 0) is 49.8 Å². The van der Waals surface area contributed by atoms with E-state index >= 15 is 0 Å². The molecule has 1 aromatic rings. The fraction of sp³-hybridized carbons (Fsp3) is 0.667. The van der Waals surface area contributed by atoms with Gasteiger partial charge in [0.25, 0.3) is 0 Å². The molecule has 2 aliphatic rings. The fourth-order valence-corrected chi connectivity index (χ4v) is 4.29. The van der Waals surface area contributed by atoms with Crippen molar-refractivity contribution in [3.05, 3.63) is 35.4 Å². The summed E-state index contributed by atoms with van der Waals surface area (Å²) in [6.07, 6.45) is 7.22. The SMILES string of the molecule is CC1CCCCC1N(C)C1CCc2ccccc2C1O. The largest absolute Gasteiger partial charge is 0.387 e. The minimum absolute atomic E-state index is 0.287. The third-order valence-corrected chi connectivity index (χ3v) is 5.56. The van der Waals surface area contributed by atoms with Crippen LogP contribution >= 0.6 is 0 Å². The van der Waals surface area contributed by atoms with Gasteiger partial charge in [0.2, 0.25) is 0 Å². The van der Waals surface area contributed by atoms with Crippen molar-refractivity contribution in [1.82, 2.24) is 4.90 Å². The van der Waals surface area contributed by atoms with Crippen LogP contribution in [0.2, 0.25) is 0 Å². The maximum Gasteiger partial charge on any atom is 0.0947 e. The Balaban J connectivity index is 1.78. The Bertz CT molecular complexity index is 458. The maximum absolute atomic E-state index is 10.8. The molecule has 1 aromatic carbocycles. The lowest BCUT2D eigenvalue weighted by Gasteiger charge is -2.44. The van der Waals surface area contributed by atoms with Crippen LogP contribution in [0.1, 0.15) is 56.3 Å². The second-order valence-electron chi connectivity index (χ2n) is 6.74. The number of rotatable bonds is 2. The van der Waals surface area contributed by atoms with Crippen molar-refractivity contribution in [2.45, 2.75) is 63.6 Å². The van der Waals surface area contributed by atoms with Crippen LogP contribution < -0.4 is 0 Å². The highest BCUT2D eigenvalue weighted by molar-refractivity contribution is 5.32.